The highest BCUT2D eigenvalue weighted by Crippen LogP contribution is 2.15. The van der Waals surface area contributed by atoms with Crippen LogP contribution < -0.4 is 10.6 Å². The summed E-state index contributed by atoms with van der Waals surface area (Å²) >= 11 is 3.29. The van der Waals surface area contributed by atoms with Crippen molar-refractivity contribution in [1.29, 1.82) is 0 Å². The van der Waals surface area contributed by atoms with Crippen molar-refractivity contribution in [3.05, 3.63) is 64.3 Å². The van der Waals surface area contributed by atoms with Crippen molar-refractivity contribution in [3.8, 4) is 0 Å². The fraction of sp³-hybridized carbons (Fsp3) is 0.235. The van der Waals surface area contributed by atoms with Crippen LogP contribution in [0.4, 0.5) is 4.39 Å². The Morgan fingerprint density at radius 2 is 2.08 bits per heavy atom. The van der Waals surface area contributed by atoms with Crippen LogP contribution in [0.3, 0.4) is 0 Å². The van der Waals surface area contributed by atoms with Crippen molar-refractivity contribution < 1.29 is 4.39 Å². The van der Waals surface area contributed by atoms with E-state index in [0.717, 1.165) is 23.6 Å². The Hall–Kier alpha value is -1.75. The molecule has 0 unspecified atom stereocenters. The van der Waals surface area contributed by atoms with E-state index in [1.165, 1.54) is 12.1 Å². The Morgan fingerprint density at radius 1 is 1.23 bits per heavy atom. The molecule has 0 amide bonds. The molecule has 1 aromatic carbocycles. The number of pyridine rings is 1. The number of hydrogen-bond acceptors (Lipinski definition) is 3. The molecule has 0 saturated carbocycles. The van der Waals surface area contributed by atoms with Gasteiger partial charge >= 0.3 is 0 Å². The van der Waals surface area contributed by atoms with E-state index in [1.807, 2.05) is 41.8 Å². The Morgan fingerprint density at radius 3 is 2.85 bits per heavy atom. The average molecular weight is 533 g/mol. The fourth-order valence-electron chi connectivity index (χ4n) is 2.39. The summed E-state index contributed by atoms with van der Waals surface area (Å²) in [6, 6.07) is 10.5. The van der Waals surface area contributed by atoms with Crippen LogP contribution >= 0.6 is 39.9 Å². The lowest BCUT2D eigenvalue weighted by Gasteiger charge is -2.10. The lowest BCUT2D eigenvalue weighted by Crippen LogP contribution is -2.37. The first-order chi connectivity index (χ1) is 12.2. The van der Waals surface area contributed by atoms with E-state index < -0.39 is 0 Å². The number of halogens is 3. The second-order valence-corrected chi connectivity index (χ2v) is 6.29. The largest absolute Gasteiger partial charge is 0.357 e. The standard InChI is InChI=1S/C17H18BrFN6.HI/c1-2-20-17(21-10-12-7-13(18)9-14(19)8-12)22-11-16-24-23-15-5-3-4-6-25(15)16;/h3-9H,2,10-11H2,1H3,(H2,20,21,22);1H. The Bertz CT molecular complexity index is 878. The van der Waals surface area contributed by atoms with E-state index >= 15 is 0 Å². The Labute approximate surface area is 176 Å². The molecule has 0 aliphatic heterocycles. The minimum absolute atomic E-state index is 0. The zero-order chi connectivity index (χ0) is 17.6. The van der Waals surface area contributed by atoms with E-state index in [0.29, 0.717) is 23.5 Å². The number of nitrogens with zero attached hydrogens (tertiary/aromatic N) is 4. The molecule has 0 aliphatic rings. The van der Waals surface area contributed by atoms with Crippen LogP contribution in [-0.4, -0.2) is 27.1 Å². The molecule has 26 heavy (non-hydrogen) atoms. The van der Waals surface area contributed by atoms with Crippen molar-refractivity contribution in [1.82, 2.24) is 25.2 Å². The van der Waals surface area contributed by atoms with Gasteiger partial charge < -0.3 is 10.6 Å². The summed E-state index contributed by atoms with van der Waals surface area (Å²) in [6.45, 7) is 3.55. The molecular weight excluding hydrogens is 514 g/mol. The molecule has 0 aliphatic carbocycles. The molecule has 6 nitrogen and oxygen atoms in total. The number of aromatic nitrogens is 3. The van der Waals surface area contributed by atoms with Gasteiger partial charge in [-0.1, -0.05) is 22.0 Å². The van der Waals surface area contributed by atoms with Crippen LogP contribution in [-0.2, 0) is 13.1 Å². The molecular formula is C17H19BrFIN6. The molecule has 2 N–H and O–H groups in total. The van der Waals surface area contributed by atoms with Gasteiger partial charge in [-0.2, -0.15) is 0 Å². The van der Waals surface area contributed by atoms with Crippen molar-refractivity contribution in [2.24, 2.45) is 4.99 Å². The maximum Gasteiger partial charge on any atom is 0.191 e. The first-order valence-corrected chi connectivity index (χ1v) is 8.71. The Balaban J connectivity index is 0.00000243. The van der Waals surface area contributed by atoms with Gasteiger partial charge in [-0.25, -0.2) is 9.38 Å². The topological polar surface area (TPSA) is 66.6 Å². The summed E-state index contributed by atoms with van der Waals surface area (Å²) in [6.07, 6.45) is 1.92. The molecule has 0 bridgehead atoms. The van der Waals surface area contributed by atoms with Gasteiger partial charge in [-0.05, 0) is 42.8 Å². The summed E-state index contributed by atoms with van der Waals surface area (Å²) in [4.78, 5) is 4.49. The lowest BCUT2D eigenvalue weighted by atomic mass is 10.2. The minimum Gasteiger partial charge on any atom is -0.357 e. The highest BCUT2D eigenvalue weighted by molar-refractivity contribution is 14.0. The number of fused-ring (bicyclic) bond motifs is 1. The third-order valence-corrected chi connectivity index (χ3v) is 3.94. The normalized spacial score (nSPS) is 11.3. The highest BCUT2D eigenvalue weighted by Gasteiger charge is 2.06. The van der Waals surface area contributed by atoms with Crippen LogP contribution in [0.5, 0.6) is 0 Å². The summed E-state index contributed by atoms with van der Waals surface area (Å²) in [5.41, 5.74) is 1.59. The maximum atomic E-state index is 13.5. The van der Waals surface area contributed by atoms with E-state index in [4.69, 9.17) is 0 Å². The van der Waals surface area contributed by atoms with E-state index in [9.17, 15) is 4.39 Å². The summed E-state index contributed by atoms with van der Waals surface area (Å²) < 4.78 is 16.1. The SMILES string of the molecule is CCNC(=NCc1cc(F)cc(Br)c1)NCc1nnc2ccccn12.I. The van der Waals surface area contributed by atoms with Gasteiger partial charge in [0.25, 0.3) is 0 Å². The van der Waals surface area contributed by atoms with Crippen LogP contribution in [0, 0.1) is 5.82 Å². The van der Waals surface area contributed by atoms with Crippen molar-refractivity contribution in [3.63, 3.8) is 0 Å². The van der Waals surface area contributed by atoms with E-state index in [1.54, 1.807) is 0 Å². The predicted molar refractivity (Wildman–Crippen MR) is 114 cm³/mol. The van der Waals surface area contributed by atoms with Gasteiger partial charge in [-0.3, -0.25) is 4.40 Å². The van der Waals surface area contributed by atoms with Gasteiger partial charge in [-0.15, -0.1) is 34.2 Å². The van der Waals surface area contributed by atoms with E-state index in [-0.39, 0.29) is 29.8 Å². The first-order valence-electron chi connectivity index (χ1n) is 7.91. The smallest absolute Gasteiger partial charge is 0.191 e. The molecule has 0 spiro atoms. The molecule has 2 aromatic heterocycles. The average Bonchev–Trinajstić information content (AvgIpc) is 3.00. The minimum atomic E-state index is -0.285. The van der Waals surface area contributed by atoms with Crippen molar-refractivity contribution in [2.75, 3.05) is 6.54 Å². The maximum absolute atomic E-state index is 13.5. The molecule has 138 valence electrons. The van der Waals surface area contributed by atoms with Crippen LogP contribution in [0.2, 0.25) is 0 Å². The monoisotopic (exact) mass is 532 g/mol. The molecule has 0 fully saturated rings. The second-order valence-electron chi connectivity index (χ2n) is 5.37. The molecule has 9 heteroatoms. The van der Waals surface area contributed by atoms with Crippen LogP contribution in [0.25, 0.3) is 5.65 Å². The van der Waals surface area contributed by atoms with E-state index in [2.05, 4.69) is 41.8 Å². The quantitative estimate of drug-likeness (QED) is 0.300. The van der Waals surface area contributed by atoms with Gasteiger partial charge in [0.15, 0.2) is 17.4 Å². The predicted octanol–water partition coefficient (Wildman–Crippen LogP) is 3.50. The zero-order valence-corrected chi connectivity index (χ0v) is 18.0. The van der Waals surface area contributed by atoms with Crippen LogP contribution in [0.15, 0.2) is 52.1 Å². The number of aliphatic imine (C=N–C) groups is 1. The third kappa shape index (κ3) is 5.37. The fourth-order valence-corrected chi connectivity index (χ4v) is 2.90. The summed E-state index contributed by atoms with van der Waals surface area (Å²) in [7, 11) is 0. The third-order valence-electron chi connectivity index (χ3n) is 3.48. The van der Waals surface area contributed by atoms with Gasteiger partial charge in [0.2, 0.25) is 0 Å². The van der Waals surface area contributed by atoms with Gasteiger partial charge in [0, 0.05) is 17.2 Å². The van der Waals surface area contributed by atoms with Gasteiger partial charge in [0.1, 0.15) is 5.82 Å². The lowest BCUT2D eigenvalue weighted by molar-refractivity contribution is 0.624. The zero-order valence-electron chi connectivity index (χ0n) is 14.1. The molecule has 0 radical (unpaired) electrons. The van der Waals surface area contributed by atoms with Crippen molar-refractivity contribution >= 4 is 51.5 Å². The number of guanidine groups is 1. The Kier molecular flexibility index (Phi) is 7.76. The van der Waals surface area contributed by atoms with Crippen LogP contribution in [0.1, 0.15) is 18.3 Å². The molecule has 3 rings (SSSR count). The molecule has 0 atom stereocenters. The number of nitrogens with one attached hydrogen (secondary N) is 2. The summed E-state index contributed by atoms with van der Waals surface area (Å²) in [5.74, 6) is 1.14. The first kappa shape index (κ1) is 20.6. The number of rotatable bonds is 5. The number of hydrogen-bond donors (Lipinski definition) is 2. The van der Waals surface area contributed by atoms with Gasteiger partial charge in [0.05, 0.1) is 13.1 Å². The number of benzene rings is 1. The molecule has 2 heterocycles. The molecule has 3 aromatic rings. The molecule has 0 saturated heterocycles. The summed E-state index contributed by atoms with van der Waals surface area (Å²) in [5, 5.41) is 14.7. The van der Waals surface area contributed by atoms with Crippen molar-refractivity contribution in [2.45, 2.75) is 20.0 Å². The second kappa shape index (κ2) is 9.81. The highest BCUT2D eigenvalue weighted by atomic mass is 127.